The maximum absolute atomic E-state index is 11.5. The molecule has 0 bridgehead atoms. The van der Waals surface area contributed by atoms with Crippen molar-refractivity contribution in [3.63, 3.8) is 0 Å². The molecule has 1 amide bonds. The number of carbonyl (C=O) groups is 1. The molecule has 1 aromatic heterocycles. The molecule has 0 fully saturated rings. The summed E-state index contributed by atoms with van der Waals surface area (Å²) in [5.41, 5.74) is 0. The lowest BCUT2D eigenvalue weighted by atomic mass is 10.4. The molecule has 0 aromatic carbocycles. The lowest BCUT2D eigenvalue weighted by Gasteiger charge is -2.01. The van der Waals surface area contributed by atoms with Crippen LogP contribution in [0.25, 0.3) is 0 Å². The number of aromatic amines is 1. The highest BCUT2D eigenvalue weighted by atomic mass is 32.2. The van der Waals surface area contributed by atoms with Gasteiger partial charge in [0.1, 0.15) is 5.82 Å². The molecule has 0 saturated heterocycles. The van der Waals surface area contributed by atoms with Crippen LogP contribution in [-0.2, 0) is 16.4 Å². The molecule has 17 heavy (non-hydrogen) atoms. The average molecular weight is 261 g/mol. The Hall–Kier alpha value is -1.48. The summed E-state index contributed by atoms with van der Waals surface area (Å²) < 4.78 is 21.2. The van der Waals surface area contributed by atoms with E-state index in [0.29, 0.717) is 12.2 Å². The SMILES string of the molecule is CCc1nc(C(=O)NCCCS(N)(=O)=O)n[nH]1. The number of carbonyl (C=O) groups excluding carboxylic acids is 1. The van der Waals surface area contributed by atoms with Crippen molar-refractivity contribution in [2.45, 2.75) is 19.8 Å². The number of hydrogen-bond donors (Lipinski definition) is 3. The molecule has 0 spiro atoms. The number of nitrogens with one attached hydrogen (secondary N) is 2. The summed E-state index contributed by atoms with van der Waals surface area (Å²) in [4.78, 5) is 15.4. The topological polar surface area (TPSA) is 131 Å². The Balaban J connectivity index is 2.35. The van der Waals surface area contributed by atoms with Gasteiger partial charge in [0, 0.05) is 13.0 Å². The third-order valence-electron chi connectivity index (χ3n) is 1.96. The van der Waals surface area contributed by atoms with Crippen molar-refractivity contribution >= 4 is 15.9 Å². The van der Waals surface area contributed by atoms with Crippen LogP contribution >= 0.6 is 0 Å². The zero-order valence-electron chi connectivity index (χ0n) is 9.43. The molecule has 0 atom stereocenters. The zero-order valence-corrected chi connectivity index (χ0v) is 10.2. The first-order valence-electron chi connectivity index (χ1n) is 5.12. The minimum atomic E-state index is -3.48. The van der Waals surface area contributed by atoms with Crippen LogP contribution < -0.4 is 10.5 Å². The molecular weight excluding hydrogens is 246 g/mol. The van der Waals surface area contributed by atoms with Crippen LogP contribution in [-0.4, -0.2) is 41.8 Å². The lowest BCUT2D eigenvalue weighted by molar-refractivity contribution is 0.0943. The average Bonchev–Trinajstić information content (AvgIpc) is 2.71. The number of nitrogens with two attached hydrogens (primary N) is 1. The monoisotopic (exact) mass is 261 g/mol. The second-order valence-electron chi connectivity index (χ2n) is 3.44. The summed E-state index contributed by atoms with van der Waals surface area (Å²) in [5, 5.41) is 13.7. The van der Waals surface area contributed by atoms with Crippen molar-refractivity contribution in [1.82, 2.24) is 20.5 Å². The van der Waals surface area contributed by atoms with Crippen molar-refractivity contribution in [1.29, 1.82) is 0 Å². The fourth-order valence-electron chi connectivity index (χ4n) is 1.11. The second kappa shape index (κ2) is 5.73. The number of hydrogen-bond acceptors (Lipinski definition) is 5. The van der Waals surface area contributed by atoms with Gasteiger partial charge in [-0.15, -0.1) is 5.10 Å². The fraction of sp³-hybridized carbons (Fsp3) is 0.625. The van der Waals surface area contributed by atoms with Gasteiger partial charge in [0.2, 0.25) is 15.8 Å². The molecule has 0 unspecified atom stereocenters. The predicted molar refractivity (Wildman–Crippen MR) is 60.7 cm³/mol. The number of aromatic nitrogens is 3. The number of nitrogens with zero attached hydrogens (tertiary/aromatic N) is 2. The van der Waals surface area contributed by atoms with Crippen molar-refractivity contribution < 1.29 is 13.2 Å². The Morgan fingerprint density at radius 2 is 2.24 bits per heavy atom. The number of amides is 1. The van der Waals surface area contributed by atoms with Gasteiger partial charge in [0.25, 0.3) is 5.91 Å². The highest BCUT2D eigenvalue weighted by Gasteiger charge is 2.11. The van der Waals surface area contributed by atoms with E-state index < -0.39 is 15.9 Å². The van der Waals surface area contributed by atoms with Gasteiger partial charge in [-0.3, -0.25) is 9.89 Å². The van der Waals surface area contributed by atoms with Gasteiger partial charge >= 0.3 is 0 Å². The Kier molecular flexibility index (Phi) is 4.58. The first-order valence-corrected chi connectivity index (χ1v) is 6.84. The van der Waals surface area contributed by atoms with Crippen LogP contribution in [0.15, 0.2) is 0 Å². The van der Waals surface area contributed by atoms with Crippen LogP contribution in [0.4, 0.5) is 0 Å². The normalized spacial score (nSPS) is 11.4. The molecule has 0 radical (unpaired) electrons. The van der Waals surface area contributed by atoms with E-state index in [1.807, 2.05) is 6.92 Å². The molecule has 0 aliphatic carbocycles. The first-order chi connectivity index (χ1) is 7.92. The summed E-state index contributed by atoms with van der Waals surface area (Å²) in [7, 11) is -3.48. The maximum Gasteiger partial charge on any atom is 0.290 e. The molecule has 8 nitrogen and oxygen atoms in total. The third kappa shape index (κ3) is 4.91. The third-order valence-corrected chi connectivity index (χ3v) is 2.82. The summed E-state index contributed by atoms with van der Waals surface area (Å²) in [5.74, 6) is 0.0779. The molecule has 9 heteroatoms. The first kappa shape index (κ1) is 13.6. The standard InChI is InChI=1S/C8H15N5O3S/c1-2-6-11-7(13-12-6)8(14)10-4-3-5-17(9,15)16/h2-5H2,1H3,(H,10,14)(H2,9,15,16)(H,11,12,13). The van der Waals surface area contributed by atoms with E-state index in [-0.39, 0.29) is 24.5 Å². The van der Waals surface area contributed by atoms with Crippen LogP contribution in [0, 0.1) is 0 Å². The van der Waals surface area contributed by atoms with Gasteiger partial charge in [-0.05, 0) is 6.42 Å². The minimum absolute atomic E-state index is 0.0532. The lowest BCUT2D eigenvalue weighted by Crippen LogP contribution is -2.28. The Morgan fingerprint density at radius 1 is 1.53 bits per heavy atom. The van der Waals surface area contributed by atoms with Crippen LogP contribution in [0.5, 0.6) is 0 Å². The van der Waals surface area contributed by atoms with E-state index >= 15 is 0 Å². The molecule has 0 aliphatic rings. The molecule has 4 N–H and O–H groups in total. The molecule has 96 valence electrons. The molecule has 0 aliphatic heterocycles. The van der Waals surface area contributed by atoms with Gasteiger partial charge in [-0.25, -0.2) is 18.5 Å². The van der Waals surface area contributed by atoms with Crippen molar-refractivity contribution in [3.8, 4) is 0 Å². The van der Waals surface area contributed by atoms with E-state index in [9.17, 15) is 13.2 Å². The van der Waals surface area contributed by atoms with Crippen molar-refractivity contribution in [2.75, 3.05) is 12.3 Å². The zero-order chi connectivity index (χ0) is 12.9. The van der Waals surface area contributed by atoms with Gasteiger partial charge in [-0.1, -0.05) is 6.92 Å². The molecule has 1 heterocycles. The van der Waals surface area contributed by atoms with E-state index in [2.05, 4.69) is 20.5 Å². The molecule has 1 rings (SSSR count). The van der Waals surface area contributed by atoms with Crippen molar-refractivity contribution in [3.05, 3.63) is 11.6 Å². The summed E-state index contributed by atoms with van der Waals surface area (Å²) in [6.07, 6.45) is 0.918. The maximum atomic E-state index is 11.5. The van der Waals surface area contributed by atoms with Gasteiger partial charge < -0.3 is 5.32 Å². The van der Waals surface area contributed by atoms with Crippen LogP contribution in [0.1, 0.15) is 29.8 Å². The number of aryl methyl sites for hydroxylation is 1. The summed E-state index contributed by atoms with van der Waals surface area (Å²) >= 11 is 0. The minimum Gasteiger partial charge on any atom is -0.349 e. The highest BCUT2D eigenvalue weighted by Crippen LogP contribution is 1.93. The highest BCUT2D eigenvalue weighted by molar-refractivity contribution is 7.89. The number of rotatable bonds is 6. The Labute approximate surface area is 99.1 Å². The molecule has 1 aromatic rings. The van der Waals surface area contributed by atoms with Gasteiger partial charge in [0.15, 0.2) is 0 Å². The fourth-order valence-corrected chi connectivity index (χ4v) is 1.66. The largest absolute Gasteiger partial charge is 0.349 e. The number of primary sulfonamides is 1. The predicted octanol–water partition coefficient (Wildman–Crippen LogP) is -1.22. The van der Waals surface area contributed by atoms with Gasteiger partial charge in [-0.2, -0.15) is 0 Å². The smallest absolute Gasteiger partial charge is 0.290 e. The number of H-pyrrole nitrogens is 1. The van der Waals surface area contributed by atoms with Crippen LogP contribution in [0.3, 0.4) is 0 Å². The second-order valence-corrected chi connectivity index (χ2v) is 5.17. The van der Waals surface area contributed by atoms with E-state index in [0.717, 1.165) is 0 Å². The molecule has 0 saturated carbocycles. The molecular formula is C8H15N5O3S. The van der Waals surface area contributed by atoms with Gasteiger partial charge in [0.05, 0.1) is 5.75 Å². The van der Waals surface area contributed by atoms with E-state index in [1.165, 1.54) is 0 Å². The summed E-state index contributed by atoms with van der Waals surface area (Å²) in [6, 6.07) is 0. The van der Waals surface area contributed by atoms with Crippen LogP contribution in [0.2, 0.25) is 0 Å². The van der Waals surface area contributed by atoms with E-state index in [4.69, 9.17) is 5.14 Å². The summed E-state index contributed by atoms with van der Waals surface area (Å²) in [6.45, 7) is 2.10. The Bertz CT molecular complexity index is 481. The Morgan fingerprint density at radius 3 is 2.76 bits per heavy atom. The quantitative estimate of drug-likeness (QED) is 0.552. The van der Waals surface area contributed by atoms with Crippen molar-refractivity contribution in [2.24, 2.45) is 5.14 Å². The van der Waals surface area contributed by atoms with E-state index in [1.54, 1.807) is 0 Å². The number of sulfonamides is 1.